The molecule has 1 saturated carbocycles. The Morgan fingerprint density at radius 2 is 1.96 bits per heavy atom. The molecule has 0 radical (unpaired) electrons. The molecule has 2 fully saturated rings. The number of nitrogens with zero attached hydrogens (tertiary/aromatic N) is 4. The molecule has 1 aromatic rings. The molecule has 1 aliphatic heterocycles. The standard InChI is InChI=1S/C17H29N5O2.2ClH/c1-3-15-19-16(24-20-15)12(2)21-7-9-22(10-8-21)17(23)14-6-4-5-13(14)11-18;;/h12-14H,3-11,18H2,1-2H3;2*1H/t12?,13-,14-;;/m1../s1. The summed E-state index contributed by atoms with van der Waals surface area (Å²) in [5.74, 6) is 2.24. The Hall–Kier alpha value is -0.890. The van der Waals surface area contributed by atoms with Crippen molar-refractivity contribution >= 4 is 30.7 Å². The molecule has 3 rings (SSSR count). The lowest BCUT2D eigenvalue weighted by Gasteiger charge is -2.38. The molecule has 3 atom stereocenters. The first-order valence-corrected chi connectivity index (χ1v) is 9.19. The van der Waals surface area contributed by atoms with E-state index in [1.54, 1.807) is 0 Å². The van der Waals surface area contributed by atoms with E-state index in [2.05, 4.69) is 22.0 Å². The third-order valence-corrected chi connectivity index (χ3v) is 5.61. The number of aromatic nitrogens is 2. The van der Waals surface area contributed by atoms with Crippen LogP contribution in [0.25, 0.3) is 0 Å². The minimum atomic E-state index is 0. The van der Waals surface area contributed by atoms with Crippen LogP contribution < -0.4 is 5.73 Å². The first-order valence-electron chi connectivity index (χ1n) is 9.19. The highest BCUT2D eigenvalue weighted by molar-refractivity contribution is 5.85. The Kier molecular flexibility index (Phi) is 9.30. The van der Waals surface area contributed by atoms with Crippen LogP contribution in [0.4, 0.5) is 0 Å². The van der Waals surface area contributed by atoms with Crippen molar-refractivity contribution in [1.29, 1.82) is 0 Å². The summed E-state index contributed by atoms with van der Waals surface area (Å²) in [5, 5.41) is 3.97. The van der Waals surface area contributed by atoms with E-state index < -0.39 is 0 Å². The fraction of sp³-hybridized carbons (Fsp3) is 0.824. The van der Waals surface area contributed by atoms with E-state index in [0.29, 0.717) is 24.3 Å². The first-order chi connectivity index (χ1) is 11.6. The van der Waals surface area contributed by atoms with E-state index in [4.69, 9.17) is 10.3 Å². The number of piperazine rings is 1. The van der Waals surface area contributed by atoms with Gasteiger partial charge in [-0.1, -0.05) is 18.5 Å². The third-order valence-electron chi connectivity index (χ3n) is 5.61. The van der Waals surface area contributed by atoms with Crippen LogP contribution in [0.2, 0.25) is 0 Å². The molecule has 1 aromatic heterocycles. The van der Waals surface area contributed by atoms with Gasteiger partial charge in [0.15, 0.2) is 5.82 Å². The van der Waals surface area contributed by atoms with Gasteiger partial charge in [-0.2, -0.15) is 4.98 Å². The number of carbonyl (C=O) groups is 1. The number of carbonyl (C=O) groups excluding carboxylic acids is 1. The van der Waals surface area contributed by atoms with Crippen LogP contribution in [0, 0.1) is 11.8 Å². The van der Waals surface area contributed by atoms with Crippen molar-refractivity contribution in [2.24, 2.45) is 17.6 Å². The lowest BCUT2D eigenvalue weighted by molar-refractivity contribution is -0.138. The maximum Gasteiger partial charge on any atom is 0.243 e. The maximum atomic E-state index is 12.8. The van der Waals surface area contributed by atoms with Crippen LogP contribution in [0.5, 0.6) is 0 Å². The molecule has 7 nitrogen and oxygen atoms in total. The maximum absolute atomic E-state index is 12.8. The van der Waals surface area contributed by atoms with Gasteiger partial charge in [0.2, 0.25) is 11.8 Å². The smallest absolute Gasteiger partial charge is 0.243 e. The highest BCUT2D eigenvalue weighted by Gasteiger charge is 2.36. The van der Waals surface area contributed by atoms with E-state index >= 15 is 0 Å². The summed E-state index contributed by atoms with van der Waals surface area (Å²) in [6, 6.07) is 0.0957. The van der Waals surface area contributed by atoms with E-state index in [-0.39, 0.29) is 36.8 Å². The van der Waals surface area contributed by atoms with Crippen LogP contribution in [0.3, 0.4) is 0 Å². The van der Waals surface area contributed by atoms with Gasteiger partial charge in [0, 0.05) is 38.5 Å². The molecule has 2 N–H and O–H groups in total. The van der Waals surface area contributed by atoms with Crippen molar-refractivity contribution in [3.8, 4) is 0 Å². The molecule has 2 aliphatic rings. The lowest BCUT2D eigenvalue weighted by atomic mass is 9.94. The molecule has 0 aromatic carbocycles. The number of aryl methyl sites for hydroxylation is 1. The van der Waals surface area contributed by atoms with Crippen LogP contribution in [0.15, 0.2) is 4.52 Å². The van der Waals surface area contributed by atoms with Gasteiger partial charge in [-0.3, -0.25) is 9.69 Å². The minimum Gasteiger partial charge on any atom is -0.340 e. The van der Waals surface area contributed by atoms with Gasteiger partial charge >= 0.3 is 0 Å². The van der Waals surface area contributed by atoms with E-state index in [0.717, 1.165) is 57.7 Å². The molecule has 1 saturated heterocycles. The largest absolute Gasteiger partial charge is 0.340 e. The molecule has 0 bridgehead atoms. The Balaban J connectivity index is 0.00000169. The molecule has 2 heterocycles. The second-order valence-corrected chi connectivity index (χ2v) is 6.97. The van der Waals surface area contributed by atoms with Gasteiger partial charge in [-0.25, -0.2) is 0 Å². The van der Waals surface area contributed by atoms with Gasteiger partial charge in [-0.05, 0) is 32.2 Å². The first kappa shape index (κ1) is 23.1. The summed E-state index contributed by atoms with van der Waals surface area (Å²) in [6.45, 7) is 7.96. The molecule has 0 spiro atoms. The quantitative estimate of drug-likeness (QED) is 0.803. The van der Waals surface area contributed by atoms with Crippen molar-refractivity contribution in [3.05, 3.63) is 11.7 Å². The second kappa shape index (κ2) is 10.4. The number of amides is 1. The Bertz CT molecular complexity index is 563. The third kappa shape index (κ3) is 4.88. The van der Waals surface area contributed by atoms with E-state index in [1.807, 2.05) is 11.8 Å². The van der Waals surface area contributed by atoms with Gasteiger partial charge in [0.25, 0.3) is 0 Å². The molecule has 9 heteroatoms. The number of nitrogens with two attached hydrogens (primary N) is 1. The monoisotopic (exact) mass is 407 g/mol. The Morgan fingerprint density at radius 1 is 1.27 bits per heavy atom. The second-order valence-electron chi connectivity index (χ2n) is 6.97. The number of hydrogen-bond donors (Lipinski definition) is 1. The van der Waals surface area contributed by atoms with Gasteiger partial charge in [-0.15, -0.1) is 24.8 Å². The zero-order valence-electron chi connectivity index (χ0n) is 15.6. The zero-order valence-corrected chi connectivity index (χ0v) is 17.2. The van der Waals surface area contributed by atoms with Gasteiger partial charge in [0.1, 0.15) is 0 Å². The average Bonchev–Trinajstić information content (AvgIpc) is 3.29. The van der Waals surface area contributed by atoms with Crippen molar-refractivity contribution in [3.63, 3.8) is 0 Å². The molecular weight excluding hydrogens is 377 g/mol. The summed E-state index contributed by atoms with van der Waals surface area (Å²) in [4.78, 5) is 21.5. The van der Waals surface area contributed by atoms with Crippen molar-refractivity contribution in [1.82, 2.24) is 19.9 Å². The molecule has 1 unspecified atom stereocenters. The number of hydrogen-bond acceptors (Lipinski definition) is 6. The van der Waals surface area contributed by atoms with Crippen LogP contribution in [0.1, 0.15) is 50.9 Å². The number of halogens is 2. The highest BCUT2D eigenvalue weighted by atomic mass is 35.5. The summed E-state index contributed by atoms with van der Waals surface area (Å²) < 4.78 is 5.36. The summed E-state index contributed by atoms with van der Waals surface area (Å²) >= 11 is 0. The van der Waals surface area contributed by atoms with E-state index in [9.17, 15) is 4.79 Å². The van der Waals surface area contributed by atoms with Crippen LogP contribution >= 0.6 is 24.8 Å². The Morgan fingerprint density at radius 3 is 2.54 bits per heavy atom. The normalized spacial score (nSPS) is 24.7. The predicted molar refractivity (Wildman–Crippen MR) is 105 cm³/mol. The summed E-state index contributed by atoms with van der Waals surface area (Å²) in [7, 11) is 0. The van der Waals surface area contributed by atoms with Crippen molar-refractivity contribution < 1.29 is 9.32 Å². The summed E-state index contributed by atoms with van der Waals surface area (Å²) in [5.41, 5.74) is 5.83. The van der Waals surface area contributed by atoms with Crippen molar-refractivity contribution in [2.45, 2.75) is 45.6 Å². The SMILES string of the molecule is CCc1noc(C(C)N2CCN(C(=O)[C@@H]3CCC[C@@H]3CN)CC2)n1.Cl.Cl. The minimum absolute atomic E-state index is 0. The number of rotatable bonds is 5. The fourth-order valence-corrected chi connectivity index (χ4v) is 3.95. The molecular formula is C17H31Cl2N5O2. The molecule has 26 heavy (non-hydrogen) atoms. The molecule has 150 valence electrons. The summed E-state index contributed by atoms with van der Waals surface area (Å²) in [6.07, 6.45) is 4.01. The lowest BCUT2D eigenvalue weighted by Crippen LogP contribution is -2.51. The average molecular weight is 408 g/mol. The van der Waals surface area contributed by atoms with Gasteiger partial charge < -0.3 is 15.2 Å². The zero-order chi connectivity index (χ0) is 17.1. The topological polar surface area (TPSA) is 88.5 Å². The molecule has 1 amide bonds. The Labute approximate surface area is 167 Å². The van der Waals surface area contributed by atoms with Crippen LogP contribution in [-0.2, 0) is 11.2 Å². The highest BCUT2D eigenvalue weighted by Crippen LogP contribution is 2.33. The van der Waals surface area contributed by atoms with Crippen LogP contribution in [-0.4, -0.2) is 58.6 Å². The van der Waals surface area contributed by atoms with Gasteiger partial charge in [0.05, 0.1) is 6.04 Å². The predicted octanol–water partition coefficient (Wildman–Crippen LogP) is 2.06. The van der Waals surface area contributed by atoms with Crippen molar-refractivity contribution in [2.75, 3.05) is 32.7 Å². The molecule has 1 aliphatic carbocycles. The fourth-order valence-electron chi connectivity index (χ4n) is 3.95. The van der Waals surface area contributed by atoms with E-state index in [1.165, 1.54) is 0 Å².